The van der Waals surface area contributed by atoms with Crippen molar-refractivity contribution in [2.24, 2.45) is 5.92 Å². The number of hydrogen-bond acceptors (Lipinski definition) is 5. The molecule has 0 radical (unpaired) electrons. The number of pyridine rings is 1. The largest absolute Gasteiger partial charge is 0.489 e. The van der Waals surface area contributed by atoms with E-state index in [-0.39, 0.29) is 12.5 Å². The van der Waals surface area contributed by atoms with E-state index in [0.717, 1.165) is 12.1 Å². The number of nitrogens with one attached hydrogen (secondary N) is 1. The highest BCUT2D eigenvalue weighted by Gasteiger charge is 2.60. The zero-order chi connectivity index (χ0) is 23.8. The first kappa shape index (κ1) is 23.0. The lowest BCUT2D eigenvalue weighted by molar-refractivity contribution is -0.137. The predicted molar refractivity (Wildman–Crippen MR) is 116 cm³/mol. The van der Waals surface area contributed by atoms with Gasteiger partial charge < -0.3 is 10.1 Å². The van der Waals surface area contributed by atoms with E-state index in [2.05, 4.69) is 20.3 Å². The van der Waals surface area contributed by atoms with Crippen molar-refractivity contribution in [3.8, 4) is 5.75 Å². The number of carbonyl (C=O) groups is 1. The molecule has 1 N–H and O–H groups in total. The number of alkyl halides is 3. The lowest BCUT2D eigenvalue weighted by Crippen LogP contribution is -2.27. The zero-order valence-corrected chi connectivity index (χ0v) is 18.5. The summed E-state index contributed by atoms with van der Waals surface area (Å²) in [5, 5.41) is 3.12. The van der Waals surface area contributed by atoms with Crippen LogP contribution in [0.15, 0.2) is 48.8 Å². The first-order valence-electron chi connectivity index (χ1n) is 10.1. The Labute approximate surface area is 193 Å². The molecule has 2 atom stereocenters. The number of aryl methyl sites for hydroxylation is 2. The number of aromatic nitrogens is 3. The van der Waals surface area contributed by atoms with Gasteiger partial charge >= 0.3 is 6.18 Å². The summed E-state index contributed by atoms with van der Waals surface area (Å²) < 4.78 is 46.0. The van der Waals surface area contributed by atoms with E-state index in [1.165, 1.54) is 18.5 Å². The molecule has 33 heavy (non-hydrogen) atoms. The summed E-state index contributed by atoms with van der Waals surface area (Å²) in [6, 6.07) is 8.15. The number of nitrogens with zero attached hydrogens (tertiary/aromatic N) is 3. The summed E-state index contributed by atoms with van der Waals surface area (Å²) in [4.78, 5) is 25.4. The summed E-state index contributed by atoms with van der Waals surface area (Å²) in [7, 11) is 0. The normalized spacial score (nSPS) is 19.8. The van der Waals surface area contributed by atoms with Crippen LogP contribution in [0.1, 0.15) is 29.1 Å². The number of carbonyl (C=O) groups excluding carboxylic acids is 1. The SMILES string of the molecule is Cc1ncc(OC[C@@]2(c3cccc(C(F)(F)F)c3)C[C@H]2C(=O)Nc2ccc(Cl)cn2)c(C)n1. The van der Waals surface area contributed by atoms with Crippen LogP contribution in [0.3, 0.4) is 0 Å². The van der Waals surface area contributed by atoms with E-state index in [1.54, 1.807) is 32.0 Å². The highest BCUT2D eigenvalue weighted by atomic mass is 35.5. The number of ether oxygens (including phenoxy) is 1. The van der Waals surface area contributed by atoms with E-state index in [0.29, 0.717) is 40.1 Å². The Morgan fingerprint density at radius 3 is 2.67 bits per heavy atom. The quantitative estimate of drug-likeness (QED) is 0.533. The number of halogens is 4. The van der Waals surface area contributed by atoms with Gasteiger partial charge in [0.1, 0.15) is 11.6 Å². The molecule has 0 bridgehead atoms. The van der Waals surface area contributed by atoms with E-state index < -0.39 is 23.1 Å². The zero-order valence-electron chi connectivity index (χ0n) is 17.8. The Bertz CT molecular complexity index is 1190. The Morgan fingerprint density at radius 1 is 1.21 bits per heavy atom. The van der Waals surface area contributed by atoms with Gasteiger partial charge in [-0.25, -0.2) is 15.0 Å². The van der Waals surface area contributed by atoms with Crippen molar-refractivity contribution >= 4 is 23.3 Å². The van der Waals surface area contributed by atoms with Crippen molar-refractivity contribution in [1.29, 1.82) is 0 Å². The molecule has 2 aromatic heterocycles. The van der Waals surface area contributed by atoms with Gasteiger partial charge in [-0.1, -0.05) is 29.8 Å². The lowest BCUT2D eigenvalue weighted by atomic mass is 9.92. The van der Waals surface area contributed by atoms with Crippen LogP contribution in [-0.2, 0) is 16.4 Å². The fraction of sp³-hybridized carbons (Fsp3) is 0.304. The molecule has 1 saturated carbocycles. The molecular formula is C23H20ClF3N4O2. The van der Waals surface area contributed by atoms with Crippen LogP contribution in [0.2, 0.25) is 5.02 Å². The summed E-state index contributed by atoms with van der Waals surface area (Å²) in [5.74, 6) is 0.328. The molecule has 4 rings (SSSR count). The maximum absolute atomic E-state index is 13.3. The third-order valence-corrected chi connectivity index (χ3v) is 5.90. The summed E-state index contributed by atoms with van der Waals surface area (Å²) in [6.07, 6.45) is -1.27. The van der Waals surface area contributed by atoms with Gasteiger partial charge in [-0.15, -0.1) is 0 Å². The van der Waals surface area contributed by atoms with Crippen LogP contribution in [0.4, 0.5) is 19.0 Å². The van der Waals surface area contributed by atoms with Crippen molar-refractivity contribution in [1.82, 2.24) is 15.0 Å². The molecular weight excluding hydrogens is 457 g/mol. The van der Waals surface area contributed by atoms with E-state index in [1.807, 2.05) is 0 Å². The second-order valence-electron chi connectivity index (χ2n) is 8.00. The fourth-order valence-corrected chi connectivity index (χ4v) is 3.91. The molecule has 2 heterocycles. The first-order valence-corrected chi connectivity index (χ1v) is 10.5. The maximum atomic E-state index is 13.3. The second-order valence-corrected chi connectivity index (χ2v) is 8.43. The predicted octanol–water partition coefficient (Wildman–Crippen LogP) is 5.14. The number of amides is 1. The molecule has 0 unspecified atom stereocenters. The highest BCUT2D eigenvalue weighted by molar-refractivity contribution is 6.30. The molecule has 1 aliphatic carbocycles. The Hall–Kier alpha value is -3.20. The fourth-order valence-electron chi connectivity index (χ4n) is 3.80. The van der Waals surface area contributed by atoms with E-state index in [4.69, 9.17) is 16.3 Å². The van der Waals surface area contributed by atoms with Crippen LogP contribution in [0, 0.1) is 19.8 Å². The monoisotopic (exact) mass is 476 g/mol. The molecule has 10 heteroatoms. The first-order chi connectivity index (χ1) is 15.6. The molecule has 0 saturated heterocycles. The van der Waals surface area contributed by atoms with Crippen molar-refractivity contribution in [3.63, 3.8) is 0 Å². The topological polar surface area (TPSA) is 77.0 Å². The molecule has 6 nitrogen and oxygen atoms in total. The van der Waals surface area contributed by atoms with E-state index in [9.17, 15) is 18.0 Å². The Morgan fingerprint density at radius 2 is 2.00 bits per heavy atom. The van der Waals surface area contributed by atoms with Crippen LogP contribution >= 0.6 is 11.6 Å². The third kappa shape index (κ3) is 4.93. The van der Waals surface area contributed by atoms with Crippen LogP contribution in [0.5, 0.6) is 5.75 Å². The molecule has 3 aromatic rings. The Balaban J connectivity index is 1.62. The Kier molecular flexibility index (Phi) is 6.00. The van der Waals surface area contributed by atoms with Gasteiger partial charge in [-0.3, -0.25) is 4.79 Å². The molecule has 1 fully saturated rings. The van der Waals surface area contributed by atoms with Gasteiger partial charge in [0.25, 0.3) is 0 Å². The van der Waals surface area contributed by atoms with E-state index >= 15 is 0 Å². The van der Waals surface area contributed by atoms with Crippen LogP contribution < -0.4 is 10.1 Å². The highest BCUT2D eigenvalue weighted by Crippen LogP contribution is 2.55. The number of anilines is 1. The minimum Gasteiger partial charge on any atom is -0.489 e. The standard InChI is InChI=1S/C23H20ClF3N4O2/c1-13-19(11-28-14(2)30-13)33-12-22(15-4-3-5-16(8-15)23(25,26)27)9-18(22)21(32)31-20-7-6-17(24)10-29-20/h3-8,10-11,18H,9,12H2,1-2H3,(H,29,31,32)/t18-,22+/m0/s1. The second kappa shape index (κ2) is 8.62. The number of benzene rings is 1. The average Bonchev–Trinajstić information content (AvgIpc) is 3.50. The van der Waals surface area contributed by atoms with Crippen LogP contribution in [0.25, 0.3) is 0 Å². The minimum absolute atomic E-state index is 0.00625. The summed E-state index contributed by atoms with van der Waals surface area (Å²) in [6.45, 7) is 3.49. The molecule has 1 aliphatic rings. The molecule has 172 valence electrons. The van der Waals surface area contributed by atoms with Crippen LogP contribution in [-0.4, -0.2) is 27.5 Å². The van der Waals surface area contributed by atoms with Crippen molar-refractivity contribution < 1.29 is 22.7 Å². The van der Waals surface area contributed by atoms with Gasteiger partial charge in [0.2, 0.25) is 5.91 Å². The molecule has 0 aliphatic heterocycles. The average molecular weight is 477 g/mol. The van der Waals surface area contributed by atoms with Crippen molar-refractivity contribution in [3.05, 3.63) is 76.5 Å². The number of hydrogen-bond donors (Lipinski definition) is 1. The summed E-state index contributed by atoms with van der Waals surface area (Å²) >= 11 is 5.83. The van der Waals surface area contributed by atoms with Gasteiger partial charge in [0.05, 0.1) is 35.0 Å². The molecule has 1 aromatic carbocycles. The lowest BCUT2D eigenvalue weighted by Gasteiger charge is -2.21. The van der Waals surface area contributed by atoms with Gasteiger partial charge in [-0.2, -0.15) is 13.2 Å². The maximum Gasteiger partial charge on any atom is 0.416 e. The van der Waals surface area contributed by atoms with Crippen molar-refractivity contribution in [2.75, 3.05) is 11.9 Å². The minimum atomic E-state index is -4.50. The number of rotatable bonds is 6. The molecule has 1 amide bonds. The van der Waals surface area contributed by atoms with Gasteiger partial charge in [0.15, 0.2) is 5.75 Å². The third-order valence-electron chi connectivity index (χ3n) is 5.68. The summed E-state index contributed by atoms with van der Waals surface area (Å²) in [5.41, 5.74) is -0.727. The van der Waals surface area contributed by atoms with Crippen molar-refractivity contribution in [2.45, 2.75) is 31.9 Å². The molecule has 0 spiro atoms. The smallest absolute Gasteiger partial charge is 0.416 e. The van der Waals surface area contributed by atoms with Gasteiger partial charge in [-0.05, 0) is 44.0 Å². The van der Waals surface area contributed by atoms with Gasteiger partial charge in [0, 0.05) is 11.6 Å².